The molecule has 1 aromatic rings. The van der Waals surface area contributed by atoms with Gasteiger partial charge in [0.25, 0.3) is 11.8 Å². The molecule has 1 atom stereocenters. The zero-order chi connectivity index (χ0) is 21.8. The minimum absolute atomic E-state index is 0.203. The van der Waals surface area contributed by atoms with Crippen molar-refractivity contribution in [1.29, 1.82) is 0 Å². The van der Waals surface area contributed by atoms with Crippen LogP contribution in [0.3, 0.4) is 0 Å². The lowest BCUT2D eigenvalue weighted by molar-refractivity contribution is -0.120. The fourth-order valence-electron chi connectivity index (χ4n) is 4.66. The van der Waals surface area contributed by atoms with Gasteiger partial charge in [-0.2, -0.15) is 0 Å². The number of aliphatic imine (C=N–C) groups is 1. The molecule has 162 valence electrons. The molecule has 2 aliphatic rings. The van der Waals surface area contributed by atoms with E-state index in [0.29, 0.717) is 22.3 Å². The van der Waals surface area contributed by atoms with Gasteiger partial charge in [-0.1, -0.05) is 36.4 Å². The van der Waals surface area contributed by atoms with E-state index in [1.165, 1.54) is 32.1 Å². The van der Waals surface area contributed by atoms with Gasteiger partial charge in [-0.3, -0.25) is 9.59 Å². The van der Waals surface area contributed by atoms with E-state index >= 15 is 0 Å². The Morgan fingerprint density at radius 3 is 2.53 bits per heavy atom. The number of rotatable bonds is 6. The van der Waals surface area contributed by atoms with Gasteiger partial charge in [0, 0.05) is 41.1 Å². The van der Waals surface area contributed by atoms with Gasteiger partial charge in [0.05, 0.1) is 5.92 Å². The third kappa shape index (κ3) is 4.94. The van der Waals surface area contributed by atoms with Crippen LogP contribution in [0, 0.1) is 12.8 Å². The van der Waals surface area contributed by atoms with Crippen molar-refractivity contribution in [2.45, 2.75) is 65.8 Å². The summed E-state index contributed by atoms with van der Waals surface area (Å²) in [4.78, 5) is 31.7. The molecular weight excluding hydrogens is 398 g/mol. The lowest BCUT2D eigenvalue weighted by atomic mass is 9.92. The minimum Gasteiger partial charge on any atom is -0.369 e. The number of amides is 2. The van der Waals surface area contributed by atoms with Gasteiger partial charge in [-0.15, -0.1) is 0 Å². The smallest absolute Gasteiger partial charge is 0.254 e. The van der Waals surface area contributed by atoms with Gasteiger partial charge >= 0.3 is 0 Å². The molecule has 6 heteroatoms. The summed E-state index contributed by atoms with van der Waals surface area (Å²) in [5.41, 5.74) is 4.16. The van der Waals surface area contributed by atoms with Crippen molar-refractivity contribution in [2.75, 3.05) is 18.0 Å². The van der Waals surface area contributed by atoms with Gasteiger partial charge < -0.3 is 10.2 Å². The Kier molecular flexibility index (Phi) is 7.35. The first kappa shape index (κ1) is 22.5. The molecule has 0 spiro atoms. The maximum atomic E-state index is 13.0. The maximum Gasteiger partial charge on any atom is 0.254 e. The standard InChI is InChI=1S/C24H32ClN3O2/c1-5-28(19-9-7-6-8-10-19)22-13-18(25)12-20(17(22)4)23(29)26-14-21-15(2)11-16(3)27-24(21)30/h11-13,19,21H,5-10,14H2,1-4H3,(H,26,29). The first-order valence-corrected chi connectivity index (χ1v) is 11.3. The van der Waals surface area contributed by atoms with Gasteiger partial charge in [0.2, 0.25) is 0 Å². The molecule has 1 unspecified atom stereocenters. The van der Waals surface area contributed by atoms with Gasteiger partial charge in [0.15, 0.2) is 0 Å². The van der Waals surface area contributed by atoms with Crippen LogP contribution >= 0.6 is 11.6 Å². The van der Waals surface area contributed by atoms with Gasteiger partial charge in [-0.05, 0) is 64.3 Å². The number of hydrogen-bond acceptors (Lipinski definition) is 3. The van der Waals surface area contributed by atoms with Crippen molar-refractivity contribution >= 4 is 34.8 Å². The van der Waals surface area contributed by atoms with Crippen LogP contribution < -0.4 is 10.2 Å². The zero-order valence-electron chi connectivity index (χ0n) is 18.4. The van der Waals surface area contributed by atoms with E-state index in [-0.39, 0.29) is 18.4 Å². The molecule has 5 nitrogen and oxygen atoms in total. The van der Waals surface area contributed by atoms with Crippen LogP contribution in [0.5, 0.6) is 0 Å². The molecule has 1 heterocycles. The minimum atomic E-state index is -0.411. The van der Waals surface area contributed by atoms with Crippen LogP contribution in [0.1, 0.15) is 68.8 Å². The molecule has 0 saturated heterocycles. The first-order valence-electron chi connectivity index (χ1n) is 10.9. The Morgan fingerprint density at radius 1 is 1.20 bits per heavy atom. The van der Waals surface area contributed by atoms with Crippen LogP contribution in [0.2, 0.25) is 5.02 Å². The van der Waals surface area contributed by atoms with Gasteiger partial charge in [0.1, 0.15) is 0 Å². The topological polar surface area (TPSA) is 61.8 Å². The molecule has 0 bridgehead atoms. The summed E-state index contributed by atoms with van der Waals surface area (Å²) < 4.78 is 0. The number of carbonyl (C=O) groups excluding carboxylic acids is 2. The summed E-state index contributed by atoms with van der Waals surface area (Å²) in [6.45, 7) is 8.96. The quantitative estimate of drug-likeness (QED) is 0.684. The highest BCUT2D eigenvalue weighted by atomic mass is 35.5. The maximum absolute atomic E-state index is 13.0. The lowest BCUT2D eigenvalue weighted by Crippen LogP contribution is -2.38. The average Bonchev–Trinajstić information content (AvgIpc) is 2.70. The fourth-order valence-corrected chi connectivity index (χ4v) is 4.88. The molecule has 2 amide bonds. The van der Waals surface area contributed by atoms with E-state index in [1.54, 1.807) is 13.0 Å². The van der Waals surface area contributed by atoms with E-state index in [2.05, 4.69) is 22.1 Å². The Morgan fingerprint density at radius 2 is 1.90 bits per heavy atom. The van der Waals surface area contributed by atoms with Crippen molar-refractivity contribution in [2.24, 2.45) is 10.9 Å². The number of halogens is 1. The monoisotopic (exact) mass is 429 g/mol. The van der Waals surface area contributed by atoms with E-state index in [4.69, 9.17) is 11.6 Å². The number of carbonyl (C=O) groups is 2. The Hall–Kier alpha value is -2.14. The first-order chi connectivity index (χ1) is 14.3. The predicted molar refractivity (Wildman–Crippen MR) is 124 cm³/mol. The van der Waals surface area contributed by atoms with Crippen LogP contribution in [0.4, 0.5) is 5.69 Å². The summed E-state index contributed by atoms with van der Waals surface area (Å²) in [5.74, 6) is -0.820. The number of allylic oxidation sites excluding steroid dienone is 1. The molecule has 1 aliphatic carbocycles. The molecule has 0 aromatic heterocycles. The van der Waals surface area contributed by atoms with Crippen molar-refractivity contribution < 1.29 is 9.59 Å². The highest BCUT2D eigenvalue weighted by molar-refractivity contribution is 6.31. The SMILES string of the molecule is CCN(c1cc(Cl)cc(C(=O)NCC2C(=O)N=C(C)C=C2C)c1C)C1CCCCC1. The second-order valence-electron chi connectivity index (χ2n) is 8.42. The number of nitrogens with one attached hydrogen (secondary N) is 1. The number of nitrogens with zero attached hydrogens (tertiary/aromatic N) is 2. The second-order valence-corrected chi connectivity index (χ2v) is 8.85. The number of dihydropyridines is 1. The van der Waals surface area contributed by atoms with Crippen molar-refractivity contribution in [3.8, 4) is 0 Å². The fraction of sp³-hybridized carbons (Fsp3) is 0.542. The summed E-state index contributed by atoms with van der Waals surface area (Å²) in [7, 11) is 0. The van der Waals surface area contributed by atoms with E-state index in [1.807, 2.05) is 26.0 Å². The van der Waals surface area contributed by atoms with Crippen molar-refractivity contribution in [3.63, 3.8) is 0 Å². The lowest BCUT2D eigenvalue weighted by Gasteiger charge is -2.36. The number of hydrogen-bond donors (Lipinski definition) is 1. The third-order valence-corrected chi connectivity index (χ3v) is 6.51. The molecule has 1 saturated carbocycles. The van der Waals surface area contributed by atoms with Crippen LogP contribution in [0.25, 0.3) is 0 Å². The number of anilines is 1. The highest BCUT2D eigenvalue weighted by Gasteiger charge is 2.26. The van der Waals surface area contributed by atoms with Gasteiger partial charge in [-0.25, -0.2) is 4.99 Å². The summed E-state index contributed by atoms with van der Waals surface area (Å²) >= 11 is 6.43. The van der Waals surface area contributed by atoms with E-state index < -0.39 is 5.92 Å². The Bertz CT molecular complexity index is 885. The predicted octanol–water partition coefficient (Wildman–Crippen LogP) is 5.10. The molecule has 1 aliphatic heterocycles. The molecule has 0 radical (unpaired) electrons. The largest absolute Gasteiger partial charge is 0.369 e. The van der Waals surface area contributed by atoms with Crippen LogP contribution in [-0.4, -0.2) is 36.7 Å². The molecule has 3 rings (SSSR count). The average molecular weight is 430 g/mol. The Labute approximate surface area is 184 Å². The van der Waals surface area contributed by atoms with Crippen molar-refractivity contribution in [1.82, 2.24) is 5.32 Å². The van der Waals surface area contributed by atoms with E-state index in [0.717, 1.165) is 23.4 Å². The summed E-state index contributed by atoms with van der Waals surface area (Å²) in [6, 6.07) is 4.18. The van der Waals surface area contributed by atoms with Crippen molar-refractivity contribution in [3.05, 3.63) is 39.9 Å². The molecular formula is C24H32ClN3O2. The van der Waals surface area contributed by atoms with E-state index in [9.17, 15) is 9.59 Å². The molecule has 1 fully saturated rings. The Balaban J connectivity index is 1.79. The number of benzene rings is 1. The van der Waals surface area contributed by atoms with Crippen LogP contribution in [-0.2, 0) is 4.79 Å². The normalized spacial score (nSPS) is 19.9. The molecule has 1 N–H and O–H groups in total. The zero-order valence-corrected chi connectivity index (χ0v) is 19.2. The second kappa shape index (κ2) is 9.78. The summed E-state index contributed by atoms with van der Waals surface area (Å²) in [5, 5.41) is 3.48. The van der Waals surface area contributed by atoms with Crippen LogP contribution in [0.15, 0.2) is 28.8 Å². The summed E-state index contributed by atoms with van der Waals surface area (Å²) in [6.07, 6.45) is 8.04. The highest BCUT2D eigenvalue weighted by Crippen LogP contribution is 2.33. The molecule has 30 heavy (non-hydrogen) atoms. The third-order valence-electron chi connectivity index (χ3n) is 6.29. The molecule has 1 aromatic carbocycles.